The molecule has 3 nitrogen and oxygen atoms in total. The van der Waals surface area contributed by atoms with Crippen molar-refractivity contribution < 1.29 is 0 Å². The average Bonchev–Trinajstić information content (AvgIpc) is 2.29. The molecule has 0 aliphatic rings. The number of hydrogen-bond acceptors (Lipinski definition) is 3. The highest BCUT2D eigenvalue weighted by molar-refractivity contribution is 5.80. The van der Waals surface area contributed by atoms with Gasteiger partial charge in [0.05, 0.1) is 5.52 Å². The number of nitrogens with two attached hydrogens (primary N) is 1. The summed E-state index contributed by atoms with van der Waals surface area (Å²) in [5.41, 5.74) is 7.83. The normalized spacial score (nSPS) is 12.7. The van der Waals surface area contributed by atoms with Gasteiger partial charge in [-0.05, 0) is 38.1 Å². The zero-order valence-corrected chi connectivity index (χ0v) is 9.70. The first-order valence-electron chi connectivity index (χ1n) is 5.53. The molecule has 0 saturated heterocycles. The lowest BCUT2D eigenvalue weighted by Crippen LogP contribution is -2.25. The lowest BCUT2D eigenvalue weighted by Gasteiger charge is -2.12. The molecule has 1 atom stereocenters. The van der Waals surface area contributed by atoms with Crippen LogP contribution in [0.4, 0.5) is 5.82 Å². The maximum atomic E-state index is 5.56. The van der Waals surface area contributed by atoms with Gasteiger partial charge in [-0.15, -0.1) is 0 Å². The van der Waals surface area contributed by atoms with Gasteiger partial charge in [0.2, 0.25) is 0 Å². The van der Waals surface area contributed by atoms with E-state index in [0.29, 0.717) is 6.54 Å². The summed E-state index contributed by atoms with van der Waals surface area (Å²) in [6.07, 6.45) is 0. The zero-order chi connectivity index (χ0) is 11.5. The first-order chi connectivity index (χ1) is 7.69. The van der Waals surface area contributed by atoms with Crippen LogP contribution in [0.25, 0.3) is 10.9 Å². The van der Waals surface area contributed by atoms with Crippen molar-refractivity contribution in [2.75, 3.05) is 11.9 Å². The number of nitrogens with zero attached hydrogens (tertiary/aromatic N) is 1. The second kappa shape index (κ2) is 4.49. The third kappa shape index (κ3) is 2.31. The second-order valence-corrected chi connectivity index (χ2v) is 4.17. The van der Waals surface area contributed by atoms with E-state index in [2.05, 4.69) is 35.4 Å². The van der Waals surface area contributed by atoms with Crippen molar-refractivity contribution in [1.29, 1.82) is 0 Å². The number of benzene rings is 1. The SMILES string of the molecule is Cc1ccc2nc(NC(C)CN)ccc2c1. The number of aromatic nitrogens is 1. The number of aryl methyl sites for hydroxylation is 1. The molecular formula is C13H17N3. The third-order valence-corrected chi connectivity index (χ3v) is 2.59. The minimum absolute atomic E-state index is 0.246. The van der Waals surface area contributed by atoms with Crippen LogP contribution in [0, 0.1) is 6.92 Å². The Balaban J connectivity index is 2.33. The Morgan fingerprint density at radius 1 is 1.31 bits per heavy atom. The number of fused-ring (bicyclic) bond motifs is 1. The highest BCUT2D eigenvalue weighted by Gasteiger charge is 2.01. The van der Waals surface area contributed by atoms with Crippen molar-refractivity contribution in [3.8, 4) is 0 Å². The standard InChI is InChI=1S/C13H17N3/c1-9-3-5-12-11(7-9)4-6-13(16-12)15-10(2)8-14/h3-7,10H,8,14H2,1-2H3,(H,15,16). The van der Waals surface area contributed by atoms with Gasteiger partial charge in [0, 0.05) is 18.0 Å². The monoisotopic (exact) mass is 215 g/mol. The highest BCUT2D eigenvalue weighted by Crippen LogP contribution is 2.16. The van der Waals surface area contributed by atoms with Crippen molar-refractivity contribution in [2.24, 2.45) is 5.73 Å². The van der Waals surface area contributed by atoms with E-state index >= 15 is 0 Å². The molecule has 3 heteroatoms. The lowest BCUT2D eigenvalue weighted by molar-refractivity contribution is 0.799. The summed E-state index contributed by atoms with van der Waals surface area (Å²) in [4.78, 5) is 4.54. The molecule has 84 valence electrons. The molecule has 1 aromatic carbocycles. The van der Waals surface area contributed by atoms with Gasteiger partial charge in [-0.25, -0.2) is 4.98 Å². The second-order valence-electron chi connectivity index (χ2n) is 4.17. The zero-order valence-electron chi connectivity index (χ0n) is 9.70. The van der Waals surface area contributed by atoms with E-state index < -0.39 is 0 Å². The molecule has 1 unspecified atom stereocenters. The lowest BCUT2D eigenvalue weighted by atomic mass is 10.1. The van der Waals surface area contributed by atoms with Gasteiger partial charge in [0.25, 0.3) is 0 Å². The van der Waals surface area contributed by atoms with Crippen LogP contribution in [0.5, 0.6) is 0 Å². The minimum atomic E-state index is 0.246. The van der Waals surface area contributed by atoms with Crippen LogP contribution in [-0.4, -0.2) is 17.6 Å². The van der Waals surface area contributed by atoms with Crippen LogP contribution >= 0.6 is 0 Å². The molecule has 0 aliphatic carbocycles. The molecule has 16 heavy (non-hydrogen) atoms. The van der Waals surface area contributed by atoms with Gasteiger partial charge in [-0.2, -0.15) is 0 Å². The van der Waals surface area contributed by atoms with E-state index in [1.165, 1.54) is 10.9 Å². The van der Waals surface area contributed by atoms with Crippen LogP contribution in [0.2, 0.25) is 0 Å². The highest BCUT2D eigenvalue weighted by atomic mass is 15.0. The van der Waals surface area contributed by atoms with Crippen molar-refractivity contribution >= 4 is 16.7 Å². The number of nitrogens with one attached hydrogen (secondary N) is 1. The molecular weight excluding hydrogens is 198 g/mol. The van der Waals surface area contributed by atoms with Gasteiger partial charge in [0.15, 0.2) is 0 Å². The van der Waals surface area contributed by atoms with Gasteiger partial charge < -0.3 is 11.1 Å². The molecule has 0 saturated carbocycles. The van der Waals surface area contributed by atoms with E-state index in [9.17, 15) is 0 Å². The predicted octanol–water partition coefficient (Wildman–Crippen LogP) is 2.30. The largest absolute Gasteiger partial charge is 0.366 e. The van der Waals surface area contributed by atoms with Crippen LogP contribution in [0.3, 0.4) is 0 Å². The average molecular weight is 215 g/mol. The molecule has 0 amide bonds. The first kappa shape index (κ1) is 10.9. The summed E-state index contributed by atoms with van der Waals surface area (Å²) in [5, 5.41) is 4.43. The molecule has 2 aromatic rings. The van der Waals surface area contributed by atoms with E-state index in [-0.39, 0.29) is 6.04 Å². The number of hydrogen-bond donors (Lipinski definition) is 2. The Hall–Kier alpha value is -1.61. The van der Waals surface area contributed by atoms with Gasteiger partial charge >= 0.3 is 0 Å². The number of anilines is 1. The molecule has 0 bridgehead atoms. The Labute approximate surface area is 95.7 Å². The van der Waals surface area contributed by atoms with Gasteiger partial charge in [0.1, 0.15) is 5.82 Å². The van der Waals surface area contributed by atoms with Crippen molar-refractivity contribution in [1.82, 2.24) is 4.98 Å². The Kier molecular flexibility index (Phi) is 3.06. The van der Waals surface area contributed by atoms with E-state index in [1.54, 1.807) is 0 Å². The molecule has 0 spiro atoms. The summed E-state index contributed by atoms with van der Waals surface area (Å²) < 4.78 is 0. The molecule has 0 fully saturated rings. The summed E-state index contributed by atoms with van der Waals surface area (Å²) in [7, 11) is 0. The third-order valence-electron chi connectivity index (χ3n) is 2.59. The quantitative estimate of drug-likeness (QED) is 0.826. The minimum Gasteiger partial charge on any atom is -0.366 e. The van der Waals surface area contributed by atoms with E-state index in [1.807, 2.05) is 19.1 Å². The van der Waals surface area contributed by atoms with Gasteiger partial charge in [-0.3, -0.25) is 0 Å². The Morgan fingerprint density at radius 2 is 2.12 bits per heavy atom. The van der Waals surface area contributed by atoms with E-state index in [4.69, 9.17) is 5.73 Å². The molecule has 1 aromatic heterocycles. The molecule has 3 N–H and O–H groups in total. The first-order valence-corrected chi connectivity index (χ1v) is 5.53. The summed E-state index contributed by atoms with van der Waals surface area (Å²) in [6, 6.07) is 10.6. The van der Waals surface area contributed by atoms with Crippen LogP contribution < -0.4 is 11.1 Å². The van der Waals surface area contributed by atoms with Crippen molar-refractivity contribution in [2.45, 2.75) is 19.9 Å². The van der Waals surface area contributed by atoms with Crippen molar-refractivity contribution in [3.05, 3.63) is 35.9 Å². The van der Waals surface area contributed by atoms with E-state index in [0.717, 1.165) is 11.3 Å². The number of pyridine rings is 1. The Bertz CT molecular complexity index is 494. The van der Waals surface area contributed by atoms with Crippen LogP contribution in [0.15, 0.2) is 30.3 Å². The van der Waals surface area contributed by atoms with Gasteiger partial charge in [-0.1, -0.05) is 11.6 Å². The molecule has 0 aliphatic heterocycles. The van der Waals surface area contributed by atoms with Crippen molar-refractivity contribution in [3.63, 3.8) is 0 Å². The summed E-state index contributed by atoms with van der Waals surface area (Å²) in [6.45, 7) is 4.73. The summed E-state index contributed by atoms with van der Waals surface area (Å²) >= 11 is 0. The fourth-order valence-electron chi connectivity index (χ4n) is 1.64. The maximum absolute atomic E-state index is 5.56. The Morgan fingerprint density at radius 3 is 2.88 bits per heavy atom. The smallest absolute Gasteiger partial charge is 0.126 e. The fourth-order valence-corrected chi connectivity index (χ4v) is 1.64. The summed E-state index contributed by atoms with van der Waals surface area (Å²) in [5.74, 6) is 0.884. The maximum Gasteiger partial charge on any atom is 0.126 e. The molecule has 0 radical (unpaired) electrons. The number of rotatable bonds is 3. The van der Waals surface area contributed by atoms with Crippen LogP contribution in [0.1, 0.15) is 12.5 Å². The van der Waals surface area contributed by atoms with Crippen LogP contribution in [-0.2, 0) is 0 Å². The fraction of sp³-hybridized carbons (Fsp3) is 0.308. The predicted molar refractivity (Wildman–Crippen MR) is 68.6 cm³/mol. The molecule has 2 rings (SSSR count). The molecule has 1 heterocycles. The topological polar surface area (TPSA) is 50.9 Å².